The van der Waals surface area contributed by atoms with Crippen molar-refractivity contribution in [1.82, 2.24) is 10.2 Å². The molecule has 0 bridgehead atoms. The fourth-order valence-electron chi connectivity index (χ4n) is 1.94. The number of rotatable bonds is 8. The summed E-state index contributed by atoms with van der Waals surface area (Å²) in [4.78, 5) is 23.8. The summed E-state index contributed by atoms with van der Waals surface area (Å²) in [6, 6.07) is -0.290. The lowest BCUT2D eigenvalue weighted by Gasteiger charge is -2.36. The number of carboxylic acid groups (broad SMARTS) is 1. The topological polar surface area (TPSA) is 88.1 Å². The molecule has 110 valence electrons. The Balaban J connectivity index is 2.33. The summed E-state index contributed by atoms with van der Waals surface area (Å²) in [5.41, 5.74) is 0. The van der Waals surface area contributed by atoms with Crippen LogP contribution in [0.1, 0.15) is 19.8 Å². The maximum Gasteiger partial charge on any atom is 0.323 e. The van der Waals surface area contributed by atoms with Crippen LogP contribution in [0.4, 0.5) is 4.79 Å². The zero-order valence-corrected chi connectivity index (χ0v) is 11.4. The highest BCUT2D eigenvalue weighted by Gasteiger charge is 2.32. The Hall–Kier alpha value is -1.34. The third-order valence-corrected chi connectivity index (χ3v) is 3.00. The molecule has 1 saturated carbocycles. The highest BCUT2D eigenvalue weighted by molar-refractivity contribution is 5.80. The van der Waals surface area contributed by atoms with Crippen LogP contribution in [-0.4, -0.2) is 67.6 Å². The van der Waals surface area contributed by atoms with Gasteiger partial charge in [-0.1, -0.05) is 0 Å². The molecule has 19 heavy (non-hydrogen) atoms. The molecule has 1 rings (SSSR count). The molecule has 1 aliphatic rings. The average molecular weight is 274 g/mol. The number of amides is 2. The first-order valence-corrected chi connectivity index (χ1v) is 6.44. The van der Waals surface area contributed by atoms with Crippen molar-refractivity contribution < 1.29 is 24.2 Å². The van der Waals surface area contributed by atoms with E-state index in [4.69, 9.17) is 14.6 Å². The number of methoxy groups -OCH3 is 1. The molecule has 2 amide bonds. The lowest BCUT2D eigenvalue weighted by Crippen LogP contribution is -2.53. The predicted molar refractivity (Wildman–Crippen MR) is 68.1 cm³/mol. The van der Waals surface area contributed by atoms with Crippen LogP contribution in [0.25, 0.3) is 0 Å². The van der Waals surface area contributed by atoms with Gasteiger partial charge in [0.15, 0.2) is 0 Å². The summed E-state index contributed by atoms with van der Waals surface area (Å²) >= 11 is 0. The minimum atomic E-state index is -1.04. The highest BCUT2D eigenvalue weighted by Crippen LogP contribution is 2.23. The predicted octanol–water partition coefficient (Wildman–Crippen LogP) is 0.297. The van der Waals surface area contributed by atoms with Gasteiger partial charge in [0.2, 0.25) is 0 Å². The zero-order valence-electron chi connectivity index (χ0n) is 11.4. The highest BCUT2D eigenvalue weighted by atomic mass is 16.5. The zero-order chi connectivity index (χ0) is 14.3. The van der Waals surface area contributed by atoms with Crippen molar-refractivity contribution in [3.63, 3.8) is 0 Å². The van der Waals surface area contributed by atoms with Crippen LogP contribution in [0, 0.1) is 0 Å². The molecule has 0 spiro atoms. The van der Waals surface area contributed by atoms with E-state index in [1.807, 2.05) is 6.92 Å². The number of ether oxygens (including phenoxy) is 2. The van der Waals surface area contributed by atoms with Crippen molar-refractivity contribution in [3.05, 3.63) is 0 Å². The smallest absolute Gasteiger partial charge is 0.323 e. The Morgan fingerprint density at radius 3 is 2.63 bits per heavy atom. The number of urea groups is 1. The molecule has 7 heteroatoms. The van der Waals surface area contributed by atoms with Crippen LogP contribution in [0.5, 0.6) is 0 Å². The number of hydrogen-bond acceptors (Lipinski definition) is 4. The van der Waals surface area contributed by atoms with Crippen molar-refractivity contribution in [2.45, 2.75) is 31.9 Å². The Labute approximate surface area is 112 Å². The molecule has 1 fully saturated rings. The van der Waals surface area contributed by atoms with E-state index in [1.54, 1.807) is 0 Å². The number of carboxylic acids is 1. The normalized spacial score (nSPS) is 21.6. The maximum absolute atomic E-state index is 11.9. The van der Waals surface area contributed by atoms with E-state index in [1.165, 1.54) is 12.0 Å². The van der Waals surface area contributed by atoms with E-state index in [9.17, 15) is 9.59 Å². The monoisotopic (exact) mass is 274 g/mol. The van der Waals surface area contributed by atoms with Gasteiger partial charge in [-0.15, -0.1) is 0 Å². The Morgan fingerprint density at radius 1 is 1.42 bits per heavy atom. The van der Waals surface area contributed by atoms with Gasteiger partial charge in [-0.05, 0) is 19.8 Å². The van der Waals surface area contributed by atoms with E-state index >= 15 is 0 Å². The van der Waals surface area contributed by atoms with Crippen molar-refractivity contribution in [2.75, 3.05) is 33.4 Å². The summed E-state index contributed by atoms with van der Waals surface area (Å²) < 4.78 is 10.3. The van der Waals surface area contributed by atoms with Gasteiger partial charge < -0.3 is 24.8 Å². The molecule has 0 aromatic rings. The van der Waals surface area contributed by atoms with Gasteiger partial charge in [-0.3, -0.25) is 4.79 Å². The quantitative estimate of drug-likeness (QED) is 0.664. The first-order chi connectivity index (χ1) is 9.06. The largest absolute Gasteiger partial charge is 0.480 e. The second-order valence-electron chi connectivity index (χ2n) is 4.50. The number of carbonyl (C=O) groups is 2. The second kappa shape index (κ2) is 7.96. The van der Waals surface area contributed by atoms with Gasteiger partial charge in [-0.2, -0.15) is 0 Å². The van der Waals surface area contributed by atoms with E-state index in [0.29, 0.717) is 13.2 Å². The Kier molecular flexibility index (Phi) is 6.58. The molecule has 0 aromatic heterocycles. The minimum absolute atomic E-state index is 0.0721. The molecule has 1 aliphatic carbocycles. The summed E-state index contributed by atoms with van der Waals surface area (Å²) in [5, 5.41) is 11.6. The van der Waals surface area contributed by atoms with Crippen LogP contribution in [0.3, 0.4) is 0 Å². The molecule has 0 heterocycles. The summed E-state index contributed by atoms with van der Waals surface area (Å²) in [7, 11) is 1.51. The van der Waals surface area contributed by atoms with Crippen LogP contribution in [-0.2, 0) is 14.3 Å². The number of nitrogens with zero attached hydrogens (tertiary/aromatic N) is 1. The van der Waals surface area contributed by atoms with Gasteiger partial charge in [0.05, 0.1) is 12.7 Å². The van der Waals surface area contributed by atoms with E-state index in [0.717, 1.165) is 12.8 Å². The van der Waals surface area contributed by atoms with E-state index < -0.39 is 5.97 Å². The van der Waals surface area contributed by atoms with Crippen molar-refractivity contribution in [3.8, 4) is 0 Å². The Morgan fingerprint density at radius 2 is 2.11 bits per heavy atom. The van der Waals surface area contributed by atoms with Crippen LogP contribution >= 0.6 is 0 Å². The van der Waals surface area contributed by atoms with Gasteiger partial charge in [0.1, 0.15) is 6.54 Å². The molecule has 0 unspecified atom stereocenters. The number of aliphatic carboxylic acids is 1. The van der Waals surface area contributed by atoms with Gasteiger partial charge in [0, 0.05) is 26.3 Å². The van der Waals surface area contributed by atoms with Gasteiger partial charge >= 0.3 is 12.0 Å². The van der Waals surface area contributed by atoms with Crippen molar-refractivity contribution >= 4 is 12.0 Å². The third kappa shape index (κ3) is 5.44. The standard InChI is InChI=1S/C12H22N2O5/c1-3-19-10-6-9(7-10)13-12(17)14(4-5-18-2)8-11(15)16/h9-10H,3-8H2,1-2H3,(H,13,17)(H,15,16). The van der Waals surface area contributed by atoms with Crippen LogP contribution < -0.4 is 5.32 Å². The SMILES string of the molecule is CCOC1CC(NC(=O)N(CCOC)CC(=O)O)C1. The number of hydrogen-bond donors (Lipinski definition) is 2. The van der Waals surface area contributed by atoms with Gasteiger partial charge in [0.25, 0.3) is 0 Å². The molecule has 0 aromatic carbocycles. The summed E-state index contributed by atoms with van der Waals surface area (Å²) in [5.74, 6) is -1.04. The van der Waals surface area contributed by atoms with Crippen molar-refractivity contribution in [2.24, 2.45) is 0 Å². The van der Waals surface area contributed by atoms with E-state index in [-0.39, 0.29) is 31.3 Å². The molecule has 0 atom stereocenters. The Bertz CT molecular complexity index is 304. The average Bonchev–Trinajstić information content (AvgIpc) is 2.31. The first kappa shape index (κ1) is 15.7. The number of nitrogens with one attached hydrogen (secondary N) is 1. The minimum Gasteiger partial charge on any atom is -0.480 e. The molecular formula is C12H22N2O5. The third-order valence-electron chi connectivity index (χ3n) is 3.00. The fourth-order valence-corrected chi connectivity index (χ4v) is 1.94. The molecule has 0 aliphatic heterocycles. The molecule has 0 saturated heterocycles. The van der Waals surface area contributed by atoms with Crippen LogP contribution in [0.15, 0.2) is 0 Å². The van der Waals surface area contributed by atoms with E-state index in [2.05, 4.69) is 5.32 Å². The van der Waals surface area contributed by atoms with Crippen molar-refractivity contribution in [1.29, 1.82) is 0 Å². The summed E-state index contributed by atoms with van der Waals surface area (Å²) in [6.45, 7) is 2.86. The maximum atomic E-state index is 11.9. The summed E-state index contributed by atoms with van der Waals surface area (Å²) in [6.07, 6.45) is 1.78. The lowest BCUT2D eigenvalue weighted by atomic mass is 9.89. The first-order valence-electron chi connectivity index (χ1n) is 6.44. The molecule has 2 N–H and O–H groups in total. The second-order valence-corrected chi connectivity index (χ2v) is 4.50. The van der Waals surface area contributed by atoms with Crippen LogP contribution in [0.2, 0.25) is 0 Å². The molecular weight excluding hydrogens is 252 g/mol. The molecule has 7 nitrogen and oxygen atoms in total. The molecule has 0 radical (unpaired) electrons. The lowest BCUT2D eigenvalue weighted by molar-refractivity contribution is -0.137. The fraction of sp³-hybridized carbons (Fsp3) is 0.833. The number of carbonyl (C=O) groups excluding carboxylic acids is 1. The van der Waals surface area contributed by atoms with Gasteiger partial charge in [-0.25, -0.2) is 4.79 Å².